The van der Waals surface area contributed by atoms with Crippen molar-refractivity contribution in [2.45, 2.75) is 25.7 Å². The van der Waals surface area contributed by atoms with Crippen molar-refractivity contribution < 1.29 is 14.7 Å². The molecule has 0 atom stereocenters. The standard InChI is InChI=1S/C11H16N2O3/c1-11(2,8-3-4-12-6-8)7-13-9(14)5-10(15)16/h3-4,6,12H,5,7H2,1-2H3,(H,13,14)(H,15,16). The first-order valence-electron chi connectivity index (χ1n) is 5.03. The number of H-pyrrole nitrogens is 1. The molecular weight excluding hydrogens is 208 g/mol. The molecule has 0 spiro atoms. The van der Waals surface area contributed by atoms with Crippen LogP contribution in [0.4, 0.5) is 0 Å². The summed E-state index contributed by atoms with van der Waals surface area (Å²) in [6, 6.07) is 1.93. The number of rotatable bonds is 5. The normalized spacial score (nSPS) is 11.1. The van der Waals surface area contributed by atoms with Gasteiger partial charge < -0.3 is 15.4 Å². The Kier molecular flexibility index (Phi) is 3.71. The summed E-state index contributed by atoms with van der Waals surface area (Å²) in [6.45, 7) is 4.38. The van der Waals surface area contributed by atoms with E-state index in [2.05, 4.69) is 10.3 Å². The predicted molar refractivity (Wildman–Crippen MR) is 59.1 cm³/mol. The van der Waals surface area contributed by atoms with E-state index in [4.69, 9.17) is 5.11 Å². The molecule has 0 saturated carbocycles. The molecule has 16 heavy (non-hydrogen) atoms. The summed E-state index contributed by atoms with van der Waals surface area (Å²) in [5, 5.41) is 11.0. The van der Waals surface area contributed by atoms with E-state index >= 15 is 0 Å². The largest absolute Gasteiger partial charge is 0.481 e. The average Bonchev–Trinajstić information content (AvgIpc) is 2.67. The summed E-state index contributed by atoms with van der Waals surface area (Å²) in [7, 11) is 0. The van der Waals surface area contributed by atoms with Crippen LogP contribution < -0.4 is 5.32 Å². The highest BCUT2D eigenvalue weighted by molar-refractivity contribution is 5.93. The van der Waals surface area contributed by atoms with E-state index in [0.717, 1.165) is 5.56 Å². The monoisotopic (exact) mass is 224 g/mol. The number of carbonyl (C=O) groups excluding carboxylic acids is 1. The van der Waals surface area contributed by atoms with E-state index in [0.29, 0.717) is 6.54 Å². The van der Waals surface area contributed by atoms with Gasteiger partial charge in [0.1, 0.15) is 6.42 Å². The molecule has 0 unspecified atom stereocenters. The molecule has 5 nitrogen and oxygen atoms in total. The van der Waals surface area contributed by atoms with Gasteiger partial charge in [-0.05, 0) is 11.6 Å². The van der Waals surface area contributed by atoms with Gasteiger partial charge in [0.2, 0.25) is 5.91 Å². The second-order valence-electron chi connectivity index (χ2n) is 4.33. The molecule has 0 aliphatic carbocycles. The van der Waals surface area contributed by atoms with E-state index in [9.17, 15) is 9.59 Å². The van der Waals surface area contributed by atoms with Crippen LogP contribution in [-0.4, -0.2) is 28.5 Å². The van der Waals surface area contributed by atoms with Gasteiger partial charge in [-0.1, -0.05) is 13.8 Å². The molecule has 0 fully saturated rings. The van der Waals surface area contributed by atoms with Gasteiger partial charge in [0, 0.05) is 24.4 Å². The van der Waals surface area contributed by atoms with Crippen LogP contribution in [0.3, 0.4) is 0 Å². The number of hydrogen-bond acceptors (Lipinski definition) is 2. The van der Waals surface area contributed by atoms with Crippen molar-refractivity contribution in [3.63, 3.8) is 0 Å². The Labute approximate surface area is 93.9 Å². The predicted octanol–water partition coefficient (Wildman–Crippen LogP) is 0.883. The average molecular weight is 224 g/mol. The van der Waals surface area contributed by atoms with E-state index in [1.54, 1.807) is 0 Å². The molecule has 1 amide bonds. The van der Waals surface area contributed by atoms with Crippen molar-refractivity contribution in [1.82, 2.24) is 10.3 Å². The molecule has 0 bridgehead atoms. The van der Waals surface area contributed by atoms with E-state index in [1.807, 2.05) is 32.3 Å². The minimum absolute atomic E-state index is 0.214. The van der Waals surface area contributed by atoms with Gasteiger partial charge in [-0.2, -0.15) is 0 Å². The molecule has 88 valence electrons. The lowest BCUT2D eigenvalue weighted by molar-refractivity contribution is -0.140. The first kappa shape index (κ1) is 12.3. The zero-order valence-corrected chi connectivity index (χ0v) is 9.41. The van der Waals surface area contributed by atoms with Gasteiger partial charge >= 0.3 is 5.97 Å². The summed E-state index contributed by atoms with van der Waals surface area (Å²) in [5.74, 6) is -1.58. The highest BCUT2D eigenvalue weighted by Gasteiger charge is 2.22. The van der Waals surface area contributed by atoms with E-state index in [-0.39, 0.29) is 5.41 Å². The van der Waals surface area contributed by atoms with Crippen molar-refractivity contribution in [2.75, 3.05) is 6.54 Å². The Morgan fingerprint density at radius 1 is 1.50 bits per heavy atom. The maximum Gasteiger partial charge on any atom is 0.312 e. The fourth-order valence-electron chi connectivity index (χ4n) is 1.37. The highest BCUT2D eigenvalue weighted by Crippen LogP contribution is 2.21. The molecule has 1 rings (SSSR count). The lowest BCUT2D eigenvalue weighted by atomic mass is 9.86. The van der Waals surface area contributed by atoms with Gasteiger partial charge in [0.25, 0.3) is 0 Å². The molecule has 3 N–H and O–H groups in total. The molecule has 1 aromatic rings. The van der Waals surface area contributed by atoms with Gasteiger partial charge in [-0.3, -0.25) is 9.59 Å². The van der Waals surface area contributed by atoms with Crippen molar-refractivity contribution in [3.05, 3.63) is 24.0 Å². The number of aromatic amines is 1. The second-order valence-corrected chi connectivity index (χ2v) is 4.33. The number of hydrogen-bond donors (Lipinski definition) is 3. The van der Waals surface area contributed by atoms with Gasteiger partial charge in [-0.15, -0.1) is 0 Å². The Hall–Kier alpha value is -1.78. The van der Waals surface area contributed by atoms with Crippen LogP contribution in [0, 0.1) is 0 Å². The molecular formula is C11H16N2O3. The van der Waals surface area contributed by atoms with Crippen LogP contribution in [0.1, 0.15) is 25.8 Å². The number of aliphatic carboxylic acids is 1. The van der Waals surface area contributed by atoms with Crippen LogP contribution in [0.5, 0.6) is 0 Å². The zero-order chi connectivity index (χ0) is 12.2. The quantitative estimate of drug-likeness (QED) is 0.649. The Bertz CT molecular complexity index is 369. The smallest absolute Gasteiger partial charge is 0.312 e. The summed E-state index contributed by atoms with van der Waals surface area (Å²) < 4.78 is 0. The lowest BCUT2D eigenvalue weighted by Gasteiger charge is -2.23. The van der Waals surface area contributed by atoms with Crippen LogP contribution in [0.25, 0.3) is 0 Å². The first-order valence-corrected chi connectivity index (χ1v) is 5.03. The summed E-state index contributed by atoms with van der Waals surface area (Å²) in [4.78, 5) is 24.4. The number of carboxylic acids is 1. The lowest BCUT2D eigenvalue weighted by Crippen LogP contribution is -2.37. The zero-order valence-electron chi connectivity index (χ0n) is 9.41. The maximum absolute atomic E-state index is 11.2. The number of carbonyl (C=O) groups is 2. The van der Waals surface area contributed by atoms with Crippen LogP contribution in [0.15, 0.2) is 18.5 Å². The SMILES string of the molecule is CC(C)(CNC(=O)CC(=O)O)c1cc[nH]c1. The second kappa shape index (κ2) is 4.83. The fourth-order valence-corrected chi connectivity index (χ4v) is 1.37. The van der Waals surface area contributed by atoms with Gasteiger partial charge in [0.15, 0.2) is 0 Å². The maximum atomic E-state index is 11.2. The van der Waals surface area contributed by atoms with E-state index in [1.165, 1.54) is 0 Å². The Morgan fingerprint density at radius 2 is 2.19 bits per heavy atom. The van der Waals surface area contributed by atoms with Crippen molar-refractivity contribution in [1.29, 1.82) is 0 Å². The number of aromatic nitrogens is 1. The molecule has 0 aliphatic rings. The number of carboxylic acid groups (broad SMARTS) is 1. The highest BCUT2D eigenvalue weighted by atomic mass is 16.4. The third-order valence-corrected chi connectivity index (χ3v) is 2.42. The summed E-state index contributed by atoms with van der Waals surface area (Å²) >= 11 is 0. The first-order chi connectivity index (χ1) is 7.42. The minimum Gasteiger partial charge on any atom is -0.481 e. The molecule has 1 heterocycles. The molecule has 5 heteroatoms. The Balaban J connectivity index is 2.48. The molecule has 0 saturated heterocycles. The molecule has 1 aromatic heterocycles. The minimum atomic E-state index is -1.11. The third kappa shape index (κ3) is 3.42. The number of amides is 1. The van der Waals surface area contributed by atoms with Gasteiger partial charge in [-0.25, -0.2) is 0 Å². The number of nitrogens with one attached hydrogen (secondary N) is 2. The topological polar surface area (TPSA) is 82.2 Å². The summed E-state index contributed by atoms with van der Waals surface area (Å²) in [5.41, 5.74) is 0.858. The van der Waals surface area contributed by atoms with Crippen LogP contribution in [0.2, 0.25) is 0 Å². The van der Waals surface area contributed by atoms with E-state index < -0.39 is 18.3 Å². The fraction of sp³-hybridized carbons (Fsp3) is 0.455. The molecule has 0 aromatic carbocycles. The third-order valence-electron chi connectivity index (χ3n) is 2.42. The summed E-state index contributed by atoms with van der Waals surface area (Å²) in [6.07, 6.45) is 3.20. The van der Waals surface area contributed by atoms with Gasteiger partial charge in [0.05, 0.1) is 0 Å². The van der Waals surface area contributed by atoms with Crippen molar-refractivity contribution in [3.8, 4) is 0 Å². The molecule has 0 aliphatic heterocycles. The van der Waals surface area contributed by atoms with Crippen molar-refractivity contribution in [2.24, 2.45) is 0 Å². The van der Waals surface area contributed by atoms with Crippen LogP contribution in [-0.2, 0) is 15.0 Å². The molecule has 0 radical (unpaired) electrons. The van der Waals surface area contributed by atoms with Crippen LogP contribution >= 0.6 is 0 Å². The van der Waals surface area contributed by atoms with Crippen molar-refractivity contribution >= 4 is 11.9 Å². The Morgan fingerprint density at radius 3 is 2.69 bits per heavy atom.